The average Bonchev–Trinajstić information content (AvgIpc) is 3.10. The van der Waals surface area contributed by atoms with Gasteiger partial charge in [-0.25, -0.2) is 26.9 Å². The lowest BCUT2D eigenvalue weighted by Crippen LogP contribution is -2.21. The molecule has 0 aliphatic carbocycles. The molecule has 0 fully saturated rings. The lowest BCUT2D eigenvalue weighted by atomic mass is 9.88. The third-order valence-corrected chi connectivity index (χ3v) is 5.00. The van der Waals surface area contributed by atoms with E-state index in [1.165, 1.54) is 5.38 Å². The molecular weight excluding hydrogens is 428 g/mol. The molecule has 11 heteroatoms. The van der Waals surface area contributed by atoms with E-state index in [2.05, 4.69) is 4.98 Å². The molecule has 0 aliphatic rings. The zero-order valence-electron chi connectivity index (χ0n) is 14.2. The number of H-pyrrole nitrogens is 1. The summed E-state index contributed by atoms with van der Waals surface area (Å²) < 4.78 is 108. The first-order chi connectivity index (χ1) is 13.5. The fourth-order valence-electron chi connectivity index (χ4n) is 2.86. The summed E-state index contributed by atoms with van der Waals surface area (Å²) in [4.78, 5) is 2.58. The fraction of sp³-hybridized carbons (Fsp3) is 0.167. The van der Waals surface area contributed by atoms with Crippen LogP contribution in [0, 0.1) is 29.1 Å². The molecule has 0 saturated carbocycles. The van der Waals surface area contributed by atoms with Gasteiger partial charge in [0.2, 0.25) is 5.82 Å². The minimum Gasteiger partial charge on any atom is -0.278 e. The Bertz CT molecular complexity index is 1010. The first-order valence-corrected chi connectivity index (χ1v) is 8.82. The number of aromatic amines is 1. The van der Waals surface area contributed by atoms with Crippen LogP contribution in [0.25, 0.3) is 0 Å². The van der Waals surface area contributed by atoms with Gasteiger partial charge in [0.1, 0.15) is 5.69 Å². The van der Waals surface area contributed by atoms with Gasteiger partial charge in [-0.1, -0.05) is 23.5 Å². The van der Waals surface area contributed by atoms with E-state index in [0.717, 1.165) is 35.6 Å². The number of nitrogen functional groups attached to an aromatic ring is 1. The Morgan fingerprint density at radius 2 is 1.38 bits per heavy atom. The summed E-state index contributed by atoms with van der Waals surface area (Å²) in [6.07, 6.45) is -4.93. The molecule has 29 heavy (non-hydrogen) atoms. The Hall–Kier alpha value is -2.69. The molecule has 1 atom stereocenters. The molecule has 0 spiro atoms. The predicted molar refractivity (Wildman–Crippen MR) is 88.5 cm³/mol. The van der Waals surface area contributed by atoms with Gasteiger partial charge in [-0.05, 0) is 24.1 Å². The first-order valence-electron chi connectivity index (χ1n) is 7.94. The number of rotatable bonds is 4. The number of aromatic nitrogens is 1. The summed E-state index contributed by atoms with van der Waals surface area (Å²) in [5, 5.41) is 1.45. The van der Waals surface area contributed by atoms with Crippen LogP contribution in [0.5, 0.6) is 0 Å². The third-order valence-electron chi connectivity index (χ3n) is 4.27. The zero-order chi connectivity index (χ0) is 21.5. The van der Waals surface area contributed by atoms with Crippen molar-refractivity contribution in [1.82, 2.24) is 0 Å². The normalized spacial score (nSPS) is 13.0. The van der Waals surface area contributed by atoms with Gasteiger partial charge in [-0.15, -0.1) is 0 Å². The molecule has 154 valence electrons. The number of halogens is 8. The van der Waals surface area contributed by atoms with Gasteiger partial charge in [0, 0.05) is 10.9 Å². The number of nitrogens with one attached hydrogen (secondary N) is 1. The van der Waals surface area contributed by atoms with E-state index in [1.807, 2.05) is 0 Å². The van der Waals surface area contributed by atoms with Crippen LogP contribution in [0.1, 0.15) is 28.3 Å². The number of nitrogens with two attached hydrogens (primary N) is 1. The topological polar surface area (TPSA) is 40.2 Å². The molecule has 1 unspecified atom stereocenters. The zero-order valence-corrected chi connectivity index (χ0v) is 15.0. The van der Waals surface area contributed by atoms with E-state index >= 15 is 0 Å². The number of thiazole rings is 1. The maximum absolute atomic E-state index is 14.4. The second-order valence-corrected chi connectivity index (χ2v) is 7.03. The Morgan fingerprint density at radius 3 is 1.83 bits per heavy atom. The molecule has 1 aromatic heterocycles. The minimum atomic E-state index is -4.59. The van der Waals surface area contributed by atoms with Crippen LogP contribution in [0.15, 0.2) is 29.6 Å². The van der Waals surface area contributed by atoms with Crippen molar-refractivity contribution >= 4 is 16.5 Å². The second kappa shape index (κ2) is 7.62. The number of anilines is 1. The van der Waals surface area contributed by atoms with E-state index in [9.17, 15) is 35.1 Å². The Kier molecular flexibility index (Phi) is 5.52. The molecule has 2 aromatic carbocycles. The summed E-state index contributed by atoms with van der Waals surface area (Å²) in [6, 6.07) is 3.66. The van der Waals surface area contributed by atoms with Crippen molar-refractivity contribution in [2.45, 2.75) is 18.5 Å². The van der Waals surface area contributed by atoms with Gasteiger partial charge in [0.05, 0.1) is 11.5 Å². The molecule has 0 saturated heterocycles. The maximum atomic E-state index is 14.4. The lowest BCUT2D eigenvalue weighted by Gasteiger charge is -2.17. The monoisotopic (exact) mass is 439 g/mol. The summed E-state index contributed by atoms with van der Waals surface area (Å²) in [5.41, 5.74) is 3.75. The Morgan fingerprint density at radius 1 is 0.862 bits per heavy atom. The summed E-state index contributed by atoms with van der Waals surface area (Å²) >= 11 is 0.934. The van der Waals surface area contributed by atoms with E-state index in [4.69, 9.17) is 5.73 Å². The van der Waals surface area contributed by atoms with Crippen LogP contribution >= 0.6 is 11.3 Å². The highest BCUT2D eigenvalue weighted by Gasteiger charge is 2.34. The van der Waals surface area contributed by atoms with E-state index in [-0.39, 0.29) is 22.8 Å². The fourth-order valence-corrected chi connectivity index (χ4v) is 3.51. The van der Waals surface area contributed by atoms with Crippen LogP contribution < -0.4 is 10.7 Å². The minimum absolute atomic E-state index is 0.0515. The van der Waals surface area contributed by atoms with Crippen LogP contribution in [-0.2, 0) is 12.6 Å². The average molecular weight is 439 g/mol. The van der Waals surface area contributed by atoms with Gasteiger partial charge in [0.25, 0.3) is 0 Å². The largest absolute Gasteiger partial charge is 0.416 e. The quantitative estimate of drug-likeness (QED) is 0.338. The van der Waals surface area contributed by atoms with Gasteiger partial charge in [-0.2, -0.15) is 13.2 Å². The molecule has 3 rings (SSSR count). The van der Waals surface area contributed by atoms with Gasteiger partial charge < -0.3 is 0 Å². The van der Waals surface area contributed by atoms with Gasteiger partial charge >= 0.3 is 11.3 Å². The van der Waals surface area contributed by atoms with E-state index < -0.39 is 52.3 Å². The lowest BCUT2D eigenvalue weighted by molar-refractivity contribution is -0.368. The van der Waals surface area contributed by atoms with Crippen molar-refractivity contribution in [3.05, 3.63) is 81.1 Å². The first kappa shape index (κ1) is 21.0. The van der Waals surface area contributed by atoms with E-state index in [0.29, 0.717) is 0 Å². The molecule has 2 nitrogen and oxygen atoms in total. The van der Waals surface area contributed by atoms with Crippen LogP contribution in [0.4, 0.5) is 40.3 Å². The molecule has 1 heterocycles. The number of benzene rings is 2. The molecular formula is C18H11F8N2S+. The highest BCUT2D eigenvalue weighted by atomic mass is 32.1. The van der Waals surface area contributed by atoms with Gasteiger partial charge in [-0.3, -0.25) is 5.73 Å². The standard InChI is InChI=1S/C18H10F8N2S/c19-12-11(13(20)15(22)16(23)14(12)21)9(10-6-29-17(27)28-10)5-7-1-3-8(4-2-7)18(24,25)26/h1-4,6,9H,5H2,(H2,27,28)/p+1. The van der Waals surface area contributed by atoms with Gasteiger partial charge in [0.15, 0.2) is 23.3 Å². The molecule has 0 amide bonds. The highest BCUT2D eigenvalue weighted by molar-refractivity contribution is 7.13. The Labute approximate surface area is 162 Å². The predicted octanol–water partition coefficient (Wildman–Crippen LogP) is 5.23. The molecule has 0 radical (unpaired) electrons. The van der Waals surface area contributed by atoms with Crippen LogP contribution in [0.2, 0.25) is 0 Å². The number of alkyl halides is 3. The summed E-state index contributed by atoms with van der Waals surface area (Å²) in [7, 11) is 0. The molecule has 3 N–H and O–H groups in total. The number of hydrogen-bond donors (Lipinski definition) is 1. The van der Waals surface area contributed by atoms with Crippen LogP contribution in [-0.4, -0.2) is 0 Å². The molecule has 3 aromatic rings. The molecule has 0 bridgehead atoms. The highest BCUT2D eigenvalue weighted by Crippen LogP contribution is 2.36. The third kappa shape index (κ3) is 4.04. The summed E-state index contributed by atoms with van der Waals surface area (Å²) in [5.74, 6) is -12.0. The summed E-state index contributed by atoms with van der Waals surface area (Å²) in [6.45, 7) is 0. The van der Waals surface area contributed by atoms with Crippen molar-refractivity contribution in [1.29, 1.82) is 0 Å². The Balaban J connectivity index is 2.11. The van der Waals surface area contributed by atoms with Crippen molar-refractivity contribution in [2.24, 2.45) is 0 Å². The van der Waals surface area contributed by atoms with Crippen molar-refractivity contribution in [3.63, 3.8) is 0 Å². The van der Waals surface area contributed by atoms with Crippen molar-refractivity contribution in [2.75, 3.05) is 5.73 Å². The maximum Gasteiger partial charge on any atom is 0.416 e. The molecule has 0 aliphatic heterocycles. The number of hydrogen-bond acceptors (Lipinski definition) is 2. The smallest absolute Gasteiger partial charge is 0.278 e. The van der Waals surface area contributed by atoms with Crippen LogP contribution in [0.3, 0.4) is 0 Å². The van der Waals surface area contributed by atoms with E-state index in [1.54, 1.807) is 0 Å². The van der Waals surface area contributed by atoms with Crippen molar-refractivity contribution in [3.8, 4) is 0 Å². The second-order valence-electron chi connectivity index (χ2n) is 6.12. The SMILES string of the molecule is Nc1[nH+]c(C(Cc2ccc(C(F)(F)F)cc2)c2c(F)c(F)c(F)c(F)c2F)cs1. The van der Waals surface area contributed by atoms with Crippen molar-refractivity contribution < 1.29 is 40.1 Å².